The Kier molecular flexibility index (Phi) is 9.70. The van der Waals surface area contributed by atoms with Crippen molar-refractivity contribution < 1.29 is 26.3 Å². The van der Waals surface area contributed by atoms with Gasteiger partial charge in [-0.25, -0.2) is 26.3 Å². The van der Waals surface area contributed by atoms with E-state index in [1.807, 2.05) is 18.2 Å². The van der Waals surface area contributed by atoms with Gasteiger partial charge in [-0.2, -0.15) is 9.90 Å². The smallest absolute Gasteiger partial charge is 0.242 e. The van der Waals surface area contributed by atoms with Crippen LogP contribution in [0.25, 0.3) is 33.4 Å². The molecule has 254 valence electrons. The highest BCUT2D eigenvalue weighted by atomic mass is 32.2. The molecule has 0 amide bonds. The molecule has 2 aromatic heterocycles. The zero-order chi connectivity index (χ0) is 34.6. The molecule has 0 aliphatic rings. The summed E-state index contributed by atoms with van der Waals surface area (Å²) in [5.74, 6) is 1.16. The average molecular weight is 704 g/mol. The van der Waals surface area contributed by atoms with Gasteiger partial charge in [-0.05, 0) is 52.2 Å². The van der Waals surface area contributed by atoms with Gasteiger partial charge in [-0.3, -0.25) is 5.10 Å². The van der Waals surface area contributed by atoms with Crippen molar-refractivity contribution in [3.63, 3.8) is 0 Å². The number of nitrogens with zero attached hydrogens (tertiary/aromatic N) is 5. The largest absolute Gasteiger partial charge is 0.497 e. The summed E-state index contributed by atoms with van der Waals surface area (Å²) in [4.78, 5) is 0.237. The first-order valence-electron chi connectivity index (χ1n) is 15.0. The van der Waals surface area contributed by atoms with Gasteiger partial charge in [0.1, 0.15) is 21.3 Å². The van der Waals surface area contributed by atoms with Crippen molar-refractivity contribution in [2.75, 3.05) is 27.3 Å². The second-order valence-electron chi connectivity index (χ2n) is 10.8. The standard InChI is InChI=1S/C32H33N9O6S2/c1-46-24-10-6-21(7-11-24)18-36-49(44,45)31-28(48(42,43)35-17-16-33)15-14-26(27-5-3-4-23-19-34-37-30(23)27)29(31)32-38-40-41(39-32)20-22-8-12-25(47-2)13-9-22/h3-15,19,35-36H,16-18,20,33H2,1-2H3,(H,34,37). The summed E-state index contributed by atoms with van der Waals surface area (Å²) in [6.45, 7) is -0.0945. The van der Waals surface area contributed by atoms with Crippen molar-refractivity contribution in [3.8, 4) is 34.0 Å². The molecule has 49 heavy (non-hydrogen) atoms. The number of hydrogen-bond donors (Lipinski definition) is 4. The zero-order valence-corrected chi connectivity index (χ0v) is 28.1. The third kappa shape index (κ3) is 7.15. The van der Waals surface area contributed by atoms with E-state index in [0.717, 1.165) is 10.9 Å². The number of hydrogen-bond acceptors (Lipinski definition) is 11. The van der Waals surface area contributed by atoms with Crippen molar-refractivity contribution >= 4 is 30.9 Å². The molecule has 4 aromatic carbocycles. The summed E-state index contributed by atoms with van der Waals surface area (Å²) < 4.78 is 71.8. The van der Waals surface area contributed by atoms with Gasteiger partial charge in [0.15, 0.2) is 0 Å². The van der Waals surface area contributed by atoms with Crippen molar-refractivity contribution in [2.24, 2.45) is 5.73 Å². The van der Waals surface area contributed by atoms with Gasteiger partial charge < -0.3 is 15.2 Å². The summed E-state index contributed by atoms with van der Waals surface area (Å²) in [7, 11) is -5.93. The molecule has 5 N–H and O–H groups in total. The van der Waals surface area contributed by atoms with Gasteiger partial charge in [0.2, 0.25) is 25.9 Å². The average Bonchev–Trinajstić information content (AvgIpc) is 3.80. The van der Waals surface area contributed by atoms with Gasteiger partial charge >= 0.3 is 0 Å². The lowest BCUT2D eigenvalue weighted by molar-refractivity contribution is 0.414. The van der Waals surface area contributed by atoms with E-state index in [0.29, 0.717) is 33.7 Å². The lowest BCUT2D eigenvalue weighted by atomic mass is 9.97. The number of nitrogens with two attached hydrogens (primary N) is 1. The molecule has 6 rings (SSSR count). The van der Waals surface area contributed by atoms with Crippen molar-refractivity contribution in [1.29, 1.82) is 0 Å². The third-order valence-corrected chi connectivity index (χ3v) is 10.8. The Morgan fingerprint density at radius 2 is 1.51 bits per heavy atom. The number of tetrazole rings is 1. The van der Waals surface area contributed by atoms with Gasteiger partial charge in [-0.15, -0.1) is 10.2 Å². The summed E-state index contributed by atoms with van der Waals surface area (Å²) in [5, 5.41) is 20.9. The van der Waals surface area contributed by atoms with E-state index >= 15 is 0 Å². The number of fused-ring (bicyclic) bond motifs is 1. The minimum atomic E-state index is -4.61. The van der Waals surface area contributed by atoms with Crippen LogP contribution in [0.3, 0.4) is 0 Å². The number of aromatic nitrogens is 6. The highest BCUT2D eigenvalue weighted by Gasteiger charge is 2.34. The quantitative estimate of drug-likeness (QED) is 0.130. The fourth-order valence-corrected chi connectivity index (χ4v) is 8.35. The maximum absolute atomic E-state index is 14.5. The first kappa shape index (κ1) is 33.7. The first-order valence-corrected chi connectivity index (χ1v) is 17.9. The summed E-state index contributed by atoms with van der Waals surface area (Å²) in [6.07, 6.45) is 1.63. The van der Waals surface area contributed by atoms with Gasteiger partial charge in [0.05, 0.1) is 38.0 Å². The Bertz CT molecular complexity index is 2310. The molecular formula is C32H33N9O6S2. The molecule has 6 aromatic rings. The Balaban J connectivity index is 1.56. The summed E-state index contributed by atoms with van der Waals surface area (Å²) in [6, 6.07) is 22.2. The highest BCUT2D eigenvalue weighted by molar-refractivity contribution is 7.92. The second-order valence-corrected chi connectivity index (χ2v) is 14.2. The van der Waals surface area contributed by atoms with Crippen LogP contribution < -0.4 is 24.7 Å². The van der Waals surface area contributed by atoms with Crippen molar-refractivity contribution in [1.82, 2.24) is 39.8 Å². The molecule has 0 fully saturated rings. The minimum absolute atomic E-state index is 0.00889. The second kappa shape index (κ2) is 14.1. The Hall–Kier alpha value is -5.20. The van der Waals surface area contributed by atoms with Gasteiger partial charge in [-0.1, -0.05) is 48.5 Å². The number of benzene rings is 4. The topological polar surface area (TPSA) is 209 Å². The van der Waals surface area contributed by atoms with Crippen LogP contribution >= 0.6 is 0 Å². The molecule has 0 saturated heterocycles. The van der Waals surface area contributed by atoms with Crippen LogP contribution in [-0.2, 0) is 33.1 Å². The number of aromatic amines is 1. The molecule has 17 heteroatoms. The molecule has 0 bridgehead atoms. The fourth-order valence-electron chi connectivity index (χ4n) is 5.25. The molecule has 0 aliphatic heterocycles. The van der Waals surface area contributed by atoms with Crippen LogP contribution in [0.4, 0.5) is 0 Å². The predicted octanol–water partition coefficient (Wildman–Crippen LogP) is 2.66. The van der Waals surface area contributed by atoms with Crippen LogP contribution in [0, 0.1) is 0 Å². The molecule has 0 spiro atoms. The SMILES string of the molecule is COc1ccc(CNS(=O)(=O)c2c(S(=O)(=O)NCCN)ccc(-c3cccc4cn[nH]c34)c2-c2nnn(Cc3ccc(OC)cc3)n2)cc1. The lowest BCUT2D eigenvalue weighted by Gasteiger charge is -2.19. The maximum atomic E-state index is 14.5. The van der Waals surface area contributed by atoms with Crippen LogP contribution in [0.5, 0.6) is 11.5 Å². The highest BCUT2D eigenvalue weighted by Crippen LogP contribution is 2.41. The first-order chi connectivity index (χ1) is 23.6. The van der Waals surface area contributed by atoms with E-state index in [9.17, 15) is 16.8 Å². The third-order valence-electron chi connectivity index (χ3n) is 7.67. The maximum Gasteiger partial charge on any atom is 0.242 e. The zero-order valence-electron chi connectivity index (χ0n) is 26.5. The number of nitrogens with one attached hydrogen (secondary N) is 3. The van der Waals surface area contributed by atoms with Crippen LogP contribution in [-0.4, -0.2) is 74.5 Å². The van der Waals surface area contributed by atoms with Crippen molar-refractivity contribution in [2.45, 2.75) is 22.9 Å². The number of para-hydroxylation sites is 1. The Morgan fingerprint density at radius 3 is 2.18 bits per heavy atom. The lowest BCUT2D eigenvalue weighted by Crippen LogP contribution is -2.32. The van der Waals surface area contributed by atoms with E-state index in [2.05, 4.69) is 35.1 Å². The van der Waals surface area contributed by atoms with E-state index in [-0.39, 0.29) is 37.6 Å². The summed E-state index contributed by atoms with van der Waals surface area (Å²) >= 11 is 0. The van der Waals surface area contributed by atoms with Crippen molar-refractivity contribution in [3.05, 3.63) is 96.2 Å². The van der Waals surface area contributed by atoms with Gasteiger partial charge in [0.25, 0.3) is 0 Å². The molecular weight excluding hydrogens is 671 g/mol. The number of ether oxygens (including phenoxy) is 2. The van der Waals surface area contributed by atoms with Crippen LogP contribution in [0.1, 0.15) is 11.1 Å². The number of H-pyrrole nitrogens is 1. The van der Waals surface area contributed by atoms with E-state index in [1.165, 1.54) is 24.0 Å². The van der Waals surface area contributed by atoms with Crippen LogP contribution in [0.2, 0.25) is 0 Å². The normalized spacial score (nSPS) is 12.0. The Morgan fingerprint density at radius 1 is 0.816 bits per heavy atom. The van der Waals surface area contributed by atoms with E-state index in [1.54, 1.807) is 61.8 Å². The number of sulfonamides is 2. The number of rotatable bonds is 14. The monoisotopic (exact) mass is 703 g/mol. The van der Waals surface area contributed by atoms with E-state index in [4.69, 9.17) is 15.2 Å². The van der Waals surface area contributed by atoms with Gasteiger partial charge in [0, 0.05) is 30.6 Å². The minimum Gasteiger partial charge on any atom is -0.497 e. The van der Waals surface area contributed by atoms with Crippen LogP contribution in [0.15, 0.2) is 94.9 Å². The molecule has 0 unspecified atom stereocenters. The molecule has 15 nitrogen and oxygen atoms in total. The predicted molar refractivity (Wildman–Crippen MR) is 182 cm³/mol. The molecule has 0 aliphatic carbocycles. The Labute approximate surface area is 282 Å². The molecule has 2 heterocycles. The molecule has 0 atom stereocenters. The molecule has 0 saturated carbocycles. The number of methoxy groups -OCH3 is 2. The molecule has 0 radical (unpaired) electrons. The van der Waals surface area contributed by atoms with E-state index < -0.39 is 29.8 Å². The fraction of sp³-hybridized carbons (Fsp3) is 0.188. The summed E-state index contributed by atoms with van der Waals surface area (Å²) in [5.41, 5.74) is 8.44.